The minimum Gasteiger partial charge on any atom is -0.478 e. The second-order valence-electron chi connectivity index (χ2n) is 4.07. The smallest absolute Gasteiger partial charge is 0.478 e. The fraction of sp³-hybridized carbons (Fsp3) is 0.0714. The lowest BCUT2D eigenvalue weighted by molar-refractivity contribution is -0.274. The number of carboxylic acid groups (broad SMARTS) is 1. The van der Waals surface area contributed by atoms with E-state index in [2.05, 4.69) is 20.7 Å². The number of aromatic carboxylic acids is 1. The van der Waals surface area contributed by atoms with Crippen molar-refractivity contribution >= 4 is 21.9 Å². The van der Waals surface area contributed by atoms with Crippen LogP contribution in [0.4, 0.5) is 13.2 Å². The van der Waals surface area contributed by atoms with Crippen molar-refractivity contribution in [2.45, 2.75) is 6.36 Å². The molecule has 0 amide bonds. The second-order valence-corrected chi connectivity index (χ2v) is 4.93. The molecule has 0 saturated carbocycles. The summed E-state index contributed by atoms with van der Waals surface area (Å²) < 4.78 is 40.4. The fourth-order valence-electron chi connectivity index (χ4n) is 1.72. The molecule has 2 aromatic carbocycles. The molecule has 0 fully saturated rings. The zero-order valence-corrected chi connectivity index (χ0v) is 11.9. The molecule has 0 heterocycles. The highest BCUT2D eigenvalue weighted by molar-refractivity contribution is 9.10. The Balaban J connectivity index is 2.31. The van der Waals surface area contributed by atoms with Gasteiger partial charge < -0.3 is 9.84 Å². The van der Waals surface area contributed by atoms with E-state index in [-0.39, 0.29) is 11.3 Å². The van der Waals surface area contributed by atoms with Crippen LogP contribution in [-0.2, 0) is 0 Å². The Labute approximate surface area is 126 Å². The van der Waals surface area contributed by atoms with Crippen LogP contribution in [0.1, 0.15) is 10.4 Å². The molecule has 0 radical (unpaired) electrons. The molecule has 0 aliphatic carbocycles. The zero-order chi connectivity index (χ0) is 15.6. The number of carbonyl (C=O) groups is 1. The molecule has 2 aromatic rings. The Kier molecular flexibility index (Phi) is 4.22. The number of rotatable bonds is 3. The molecule has 110 valence electrons. The average Bonchev–Trinajstić information content (AvgIpc) is 2.38. The van der Waals surface area contributed by atoms with Crippen LogP contribution < -0.4 is 4.74 Å². The van der Waals surface area contributed by atoms with Crippen LogP contribution >= 0.6 is 15.9 Å². The topological polar surface area (TPSA) is 46.5 Å². The average molecular weight is 361 g/mol. The van der Waals surface area contributed by atoms with Crippen LogP contribution in [0.15, 0.2) is 46.9 Å². The predicted octanol–water partition coefficient (Wildman–Crippen LogP) is 4.71. The van der Waals surface area contributed by atoms with Gasteiger partial charge in [-0.05, 0) is 51.3 Å². The first kappa shape index (κ1) is 15.4. The van der Waals surface area contributed by atoms with Gasteiger partial charge in [0.25, 0.3) is 0 Å². The first-order valence-corrected chi connectivity index (χ1v) is 6.44. The molecule has 1 N–H and O–H groups in total. The van der Waals surface area contributed by atoms with Crippen LogP contribution in [0.2, 0.25) is 0 Å². The number of carboxylic acids is 1. The van der Waals surface area contributed by atoms with Crippen LogP contribution in [0.3, 0.4) is 0 Å². The Hall–Kier alpha value is -2.02. The summed E-state index contributed by atoms with van der Waals surface area (Å²) >= 11 is 3.12. The van der Waals surface area contributed by atoms with Crippen molar-refractivity contribution in [3.63, 3.8) is 0 Å². The summed E-state index contributed by atoms with van der Waals surface area (Å²) in [6.45, 7) is 0. The minimum atomic E-state index is -4.74. The molecule has 0 aliphatic heterocycles. The predicted molar refractivity (Wildman–Crippen MR) is 73.2 cm³/mol. The molecule has 0 saturated heterocycles. The quantitative estimate of drug-likeness (QED) is 0.861. The normalized spacial score (nSPS) is 11.2. The van der Waals surface area contributed by atoms with Crippen LogP contribution in [-0.4, -0.2) is 17.4 Å². The van der Waals surface area contributed by atoms with Gasteiger partial charge in [-0.1, -0.05) is 18.2 Å². The lowest BCUT2D eigenvalue weighted by Gasteiger charge is -2.10. The lowest BCUT2D eigenvalue weighted by Crippen LogP contribution is -2.16. The van der Waals surface area contributed by atoms with E-state index in [0.29, 0.717) is 15.6 Å². The molecule has 0 atom stereocenters. The third-order valence-corrected chi connectivity index (χ3v) is 3.31. The SMILES string of the molecule is O=C(O)c1cc(-c2ccc(OC(F)(F)F)cc2)ccc1Br. The van der Waals surface area contributed by atoms with Gasteiger partial charge in [0.1, 0.15) is 5.75 Å². The van der Waals surface area contributed by atoms with E-state index >= 15 is 0 Å². The highest BCUT2D eigenvalue weighted by Gasteiger charge is 2.30. The summed E-state index contributed by atoms with van der Waals surface area (Å²) in [5.74, 6) is -1.43. The summed E-state index contributed by atoms with van der Waals surface area (Å²) in [6, 6.07) is 9.86. The van der Waals surface area contributed by atoms with Crippen LogP contribution in [0, 0.1) is 0 Å². The molecule has 21 heavy (non-hydrogen) atoms. The summed E-state index contributed by atoms with van der Waals surface area (Å²) in [7, 11) is 0. The van der Waals surface area contributed by atoms with E-state index in [9.17, 15) is 18.0 Å². The second kappa shape index (κ2) is 5.77. The van der Waals surface area contributed by atoms with Gasteiger partial charge in [0.2, 0.25) is 0 Å². The molecular formula is C14H8BrF3O3. The van der Waals surface area contributed by atoms with Crippen molar-refractivity contribution in [3.05, 3.63) is 52.5 Å². The van der Waals surface area contributed by atoms with Gasteiger partial charge in [-0.15, -0.1) is 13.2 Å². The van der Waals surface area contributed by atoms with Crippen molar-refractivity contribution in [1.29, 1.82) is 0 Å². The van der Waals surface area contributed by atoms with Gasteiger partial charge >= 0.3 is 12.3 Å². The number of alkyl halides is 3. The van der Waals surface area contributed by atoms with Crippen molar-refractivity contribution in [3.8, 4) is 16.9 Å². The standard InChI is InChI=1S/C14H8BrF3O3/c15-12-6-3-9(7-11(12)13(19)20)8-1-4-10(5-2-8)21-14(16,17)18/h1-7H,(H,19,20). The Morgan fingerprint density at radius 1 is 1.05 bits per heavy atom. The summed E-state index contributed by atoms with van der Waals surface area (Å²) in [4.78, 5) is 11.0. The Morgan fingerprint density at radius 2 is 1.62 bits per heavy atom. The van der Waals surface area contributed by atoms with Gasteiger partial charge in [0.05, 0.1) is 5.56 Å². The van der Waals surface area contributed by atoms with Crippen molar-refractivity contribution in [2.24, 2.45) is 0 Å². The molecule has 0 aliphatic rings. The molecular weight excluding hydrogens is 353 g/mol. The first-order valence-electron chi connectivity index (χ1n) is 5.65. The molecule has 0 unspecified atom stereocenters. The van der Waals surface area contributed by atoms with E-state index in [4.69, 9.17) is 5.11 Å². The molecule has 0 aromatic heterocycles. The summed E-state index contributed by atoms with van der Waals surface area (Å²) in [5.41, 5.74) is 1.23. The summed E-state index contributed by atoms with van der Waals surface area (Å²) in [6.07, 6.45) is -4.74. The Bertz CT molecular complexity index is 666. The molecule has 0 spiro atoms. The highest BCUT2D eigenvalue weighted by atomic mass is 79.9. The number of benzene rings is 2. The minimum absolute atomic E-state index is 0.0723. The van der Waals surface area contributed by atoms with Crippen molar-refractivity contribution in [2.75, 3.05) is 0 Å². The largest absolute Gasteiger partial charge is 0.573 e. The lowest BCUT2D eigenvalue weighted by atomic mass is 10.0. The number of hydrogen-bond donors (Lipinski definition) is 1. The van der Waals surface area contributed by atoms with Gasteiger partial charge in [-0.25, -0.2) is 4.79 Å². The zero-order valence-electron chi connectivity index (χ0n) is 10.3. The molecule has 2 rings (SSSR count). The van der Waals surface area contributed by atoms with Gasteiger partial charge in [0.15, 0.2) is 0 Å². The van der Waals surface area contributed by atoms with E-state index in [1.54, 1.807) is 12.1 Å². The molecule has 7 heteroatoms. The van der Waals surface area contributed by atoms with E-state index < -0.39 is 12.3 Å². The number of ether oxygens (including phenoxy) is 1. The third-order valence-electron chi connectivity index (χ3n) is 2.62. The van der Waals surface area contributed by atoms with Gasteiger partial charge in [-0.2, -0.15) is 0 Å². The molecule has 3 nitrogen and oxygen atoms in total. The van der Waals surface area contributed by atoms with Gasteiger partial charge in [-0.3, -0.25) is 0 Å². The van der Waals surface area contributed by atoms with Crippen molar-refractivity contribution < 1.29 is 27.8 Å². The first-order chi connectivity index (χ1) is 9.76. The molecule has 0 bridgehead atoms. The van der Waals surface area contributed by atoms with Crippen LogP contribution in [0.25, 0.3) is 11.1 Å². The van der Waals surface area contributed by atoms with Crippen molar-refractivity contribution in [1.82, 2.24) is 0 Å². The third kappa shape index (κ3) is 3.98. The van der Waals surface area contributed by atoms with E-state index in [0.717, 1.165) is 0 Å². The van der Waals surface area contributed by atoms with Crippen LogP contribution in [0.5, 0.6) is 5.75 Å². The highest BCUT2D eigenvalue weighted by Crippen LogP contribution is 2.29. The maximum absolute atomic E-state index is 12.1. The number of halogens is 4. The maximum atomic E-state index is 12.1. The number of hydrogen-bond acceptors (Lipinski definition) is 2. The fourth-order valence-corrected chi connectivity index (χ4v) is 2.13. The monoisotopic (exact) mass is 360 g/mol. The maximum Gasteiger partial charge on any atom is 0.573 e. The summed E-state index contributed by atoms with van der Waals surface area (Å²) in [5, 5.41) is 9.03. The van der Waals surface area contributed by atoms with E-state index in [1.807, 2.05) is 0 Å². The van der Waals surface area contributed by atoms with E-state index in [1.165, 1.54) is 30.3 Å². The Morgan fingerprint density at radius 3 is 2.14 bits per heavy atom. The van der Waals surface area contributed by atoms with Gasteiger partial charge in [0, 0.05) is 4.47 Å².